The molecule has 0 amide bonds. The Hall–Kier alpha value is -0.800. The van der Waals surface area contributed by atoms with Gasteiger partial charge in [-0.15, -0.1) is 11.3 Å². The standard InChI is InChI=1S/C13H7Cl3OS/c14-10-4-2-1-3-8(10)5-6-11(17)9-7-12(15)18-13(9)16/h1-7H/b6-5+. The van der Waals surface area contributed by atoms with Crippen molar-refractivity contribution in [2.45, 2.75) is 0 Å². The third kappa shape index (κ3) is 3.15. The Balaban J connectivity index is 2.22. The van der Waals surface area contributed by atoms with E-state index in [2.05, 4.69) is 0 Å². The van der Waals surface area contributed by atoms with Gasteiger partial charge in [0.25, 0.3) is 0 Å². The Labute approximate surface area is 124 Å². The Morgan fingerprint density at radius 3 is 2.50 bits per heavy atom. The Morgan fingerprint density at radius 1 is 1.17 bits per heavy atom. The molecule has 1 aromatic carbocycles. The van der Waals surface area contributed by atoms with Crippen LogP contribution in [0.25, 0.3) is 6.08 Å². The lowest BCUT2D eigenvalue weighted by Gasteiger charge is -1.96. The van der Waals surface area contributed by atoms with E-state index in [1.54, 1.807) is 18.2 Å². The van der Waals surface area contributed by atoms with E-state index in [4.69, 9.17) is 34.8 Å². The molecular weight excluding hydrogens is 311 g/mol. The summed E-state index contributed by atoms with van der Waals surface area (Å²) in [5.41, 5.74) is 1.19. The van der Waals surface area contributed by atoms with Crippen LogP contribution in [-0.2, 0) is 0 Å². The van der Waals surface area contributed by atoms with Crippen molar-refractivity contribution in [2.75, 3.05) is 0 Å². The van der Waals surface area contributed by atoms with Gasteiger partial charge in [-0.1, -0.05) is 53.0 Å². The molecule has 0 saturated heterocycles. The van der Waals surface area contributed by atoms with Gasteiger partial charge in [-0.2, -0.15) is 0 Å². The molecule has 0 fully saturated rings. The summed E-state index contributed by atoms with van der Waals surface area (Å²) in [4.78, 5) is 11.9. The van der Waals surface area contributed by atoms with Crippen molar-refractivity contribution in [3.05, 3.63) is 61.2 Å². The highest BCUT2D eigenvalue weighted by Gasteiger charge is 2.11. The van der Waals surface area contributed by atoms with Crippen molar-refractivity contribution < 1.29 is 4.79 Å². The van der Waals surface area contributed by atoms with Crippen molar-refractivity contribution in [3.8, 4) is 0 Å². The first kappa shape index (κ1) is 13.6. The number of thiophene rings is 1. The zero-order valence-corrected chi connectivity index (χ0v) is 12.1. The lowest BCUT2D eigenvalue weighted by Crippen LogP contribution is -1.91. The monoisotopic (exact) mass is 316 g/mol. The van der Waals surface area contributed by atoms with E-state index < -0.39 is 0 Å². The van der Waals surface area contributed by atoms with Crippen molar-refractivity contribution in [2.24, 2.45) is 0 Å². The molecule has 0 unspecified atom stereocenters. The number of hydrogen-bond donors (Lipinski definition) is 0. The number of allylic oxidation sites excluding steroid dienone is 1. The maximum Gasteiger partial charge on any atom is 0.188 e. The molecule has 0 aliphatic carbocycles. The molecule has 18 heavy (non-hydrogen) atoms. The molecule has 2 rings (SSSR count). The predicted molar refractivity (Wildman–Crippen MR) is 79.2 cm³/mol. The van der Waals surface area contributed by atoms with Crippen molar-refractivity contribution in [1.82, 2.24) is 0 Å². The highest BCUT2D eigenvalue weighted by atomic mass is 35.5. The van der Waals surface area contributed by atoms with Gasteiger partial charge >= 0.3 is 0 Å². The van der Waals surface area contributed by atoms with Crippen LogP contribution in [-0.4, -0.2) is 5.78 Å². The topological polar surface area (TPSA) is 17.1 Å². The van der Waals surface area contributed by atoms with Crippen LogP contribution in [0.2, 0.25) is 13.7 Å². The van der Waals surface area contributed by atoms with Gasteiger partial charge in [-0.3, -0.25) is 4.79 Å². The number of benzene rings is 1. The van der Waals surface area contributed by atoms with Crippen LogP contribution in [0.1, 0.15) is 15.9 Å². The van der Waals surface area contributed by atoms with Crippen LogP contribution in [0, 0.1) is 0 Å². The second kappa shape index (κ2) is 5.89. The van der Waals surface area contributed by atoms with Gasteiger partial charge in [0.15, 0.2) is 5.78 Å². The summed E-state index contributed by atoms with van der Waals surface area (Å²) in [5.74, 6) is -0.192. The van der Waals surface area contributed by atoms with E-state index in [1.807, 2.05) is 18.2 Å². The second-order valence-electron chi connectivity index (χ2n) is 3.46. The SMILES string of the molecule is O=C(/C=C/c1ccccc1Cl)c1cc(Cl)sc1Cl. The third-order valence-electron chi connectivity index (χ3n) is 2.24. The molecule has 0 atom stereocenters. The summed E-state index contributed by atoms with van der Waals surface area (Å²) >= 11 is 18.8. The summed E-state index contributed by atoms with van der Waals surface area (Å²) in [6, 6.07) is 8.84. The Morgan fingerprint density at radius 2 is 1.89 bits per heavy atom. The Bertz CT molecular complexity index is 616. The first-order valence-corrected chi connectivity index (χ1v) is 6.95. The first-order valence-electron chi connectivity index (χ1n) is 4.99. The molecule has 0 spiro atoms. The summed E-state index contributed by atoms with van der Waals surface area (Å²) in [5, 5.41) is 0.594. The lowest BCUT2D eigenvalue weighted by atomic mass is 10.1. The third-order valence-corrected chi connectivity index (χ3v) is 4.07. The van der Waals surface area contributed by atoms with Crippen LogP contribution in [0.5, 0.6) is 0 Å². The van der Waals surface area contributed by atoms with E-state index in [0.717, 1.165) is 5.56 Å². The highest BCUT2D eigenvalue weighted by molar-refractivity contribution is 7.20. The summed E-state index contributed by atoms with van der Waals surface area (Å²) < 4.78 is 0.892. The van der Waals surface area contributed by atoms with Crippen molar-refractivity contribution >= 4 is 58.0 Å². The summed E-state index contributed by atoms with van der Waals surface area (Å²) in [6.45, 7) is 0. The molecule has 0 aliphatic rings. The van der Waals surface area contributed by atoms with Crippen molar-refractivity contribution in [1.29, 1.82) is 0 Å². The van der Waals surface area contributed by atoms with E-state index in [0.29, 0.717) is 19.3 Å². The maximum absolute atomic E-state index is 11.9. The van der Waals surface area contributed by atoms with Gasteiger partial charge in [0.1, 0.15) is 4.34 Å². The average Bonchev–Trinajstić information content (AvgIpc) is 2.67. The minimum Gasteiger partial charge on any atom is -0.289 e. The van der Waals surface area contributed by atoms with Crippen LogP contribution < -0.4 is 0 Å². The molecule has 1 aromatic heterocycles. The van der Waals surface area contributed by atoms with Gasteiger partial charge in [0.05, 0.1) is 9.90 Å². The zero-order chi connectivity index (χ0) is 13.1. The van der Waals surface area contributed by atoms with E-state index >= 15 is 0 Å². The fraction of sp³-hybridized carbons (Fsp3) is 0. The molecule has 0 saturated carbocycles. The molecule has 1 nitrogen and oxygen atoms in total. The number of halogens is 3. The smallest absolute Gasteiger partial charge is 0.188 e. The van der Waals surface area contributed by atoms with Crippen LogP contribution in [0.4, 0.5) is 0 Å². The number of carbonyl (C=O) groups is 1. The molecule has 0 aliphatic heterocycles. The molecule has 0 bridgehead atoms. The van der Waals surface area contributed by atoms with E-state index in [1.165, 1.54) is 17.4 Å². The van der Waals surface area contributed by atoms with Gasteiger partial charge < -0.3 is 0 Å². The normalized spacial score (nSPS) is 11.1. The van der Waals surface area contributed by atoms with Gasteiger partial charge in [-0.05, 0) is 29.8 Å². The predicted octanol–water partition coefficient (Wildman–Crippen LogP) is 5.60. The average molecular weight is 318 g/mol. The molecule has 92 valence electrons. The molecule has 0 radical (unpaired) electrons. The second-order valence-corrected chi connectivity index (χ2v) is 6.15. The quantitative estimate of drug-likeness (QED) is 0.531. The molecule has 1 heterocycles. The van der Waals surface area contributed by atoms with E-state index in [9.17, 15) is 4.79 Å². The lowest BCUT2D eigenvalue weighted by molar-refractivity contribution is 0.104. The number of carbonyl (C=O) groups excluding carboxylic acids is 1. The highest BCUT2D eigenvalue weighted by Crippen LogP contribution is 2.31. The maximum atomic E-state index is 11.9. The first-order chi connectivity index (χ1) is 8.58. The number of hydrogen-bond acceptors (Lipinski definition) is 2. The fourth-order valence-electron chi connectivity index (χ4n) is 1.37. The zero-order valence-electron chi connectivity index (χ0n) is 8.99. The summed E-state index contributed by atoms with van der Waals surface area (Å²) in [7, 11) is 0. The van der Waals surface area contributed by atoms with E-state index in [-0.39, 0.29) is 5.78 Å². The van der Waals surface area contributed by atoms with Crippen LogP contribution >= 0.6 is 46.1 Å². The summed E-state index contributed by atoms with van der Waals surface area (Å²) in [6.07, 6.45) is 3.10. The van der Waals surface area contributed by atoms with Crippen LogP contribution in [0.3, 0.4) is 0 Å². The van der Waals surface area contributed by atoms with Gasteiger partial charge in [-0.25, -0.2) is 0 Å². The molecular formula is C13H7Cl3OS. The fourth-order valence-corrected chi connectivity index (χ4v) is 3.05. The number of rotatable bonds is 3. The minimum atomic E-state index is -0.192. The molecule has 2 aromatic rings. The number of ketones is 1. The van der Waals surface area contributed by atoms with Crippen LogP contribution in [0.15, 0.2) is 36.4 Å². The largest absolute Gasteiger partial charge is 0.289 e. The molecule has 0 N–H and O–H groups in total. The molecule has 5 heteroatoms. The van der Waals surface area contributed by atoms with Gasteiger partial charge in [0, 0.05) is 5.02 Å². The van der Waals surface area contributed by atoms with Crippen molar-refractivity contribution in [3.63, 3.8) is 0 Å². The minimum absolute atomic E-state index is 0.192. The Kier molecular flexibility index (Phi) is 4.46. The van der Waals surface area contributed by atoms with Gasteiger partial charge in [0.2, 0.25) is 0 Å².